The third-order valence-electron chi connectivity index (χ3n) is 5.24. The van der Waals surface area contributed by atoms with Crippen LogP contribution in [0.1, 0.15) is 35.7 Å². The molecule has 3 amide bonds. The molecular weight excluding hydrogens is 386 g/mol. The van der Waals surface area contributed by atoms with E-state index in [9.17, 15) is 14.4 Å². The monoisotopic (exact) mass is 409 g/mol. The van der Waals surface area contributed by atoms with E-state index in [1.807, 2.05) is 18.2 Å². The summed E-state index contributed by atoms with van der Waals surface area (Å²) < 4.78 is 10.6. The summed E-state index contributed by atoms with van der Waals surface area (Å²) in [5.41, 5.74) is 1.94. The minimum absolute atomic E-state index is 0.0759. The Balaban J connectivity index is 1.36. The summed E-state index contributed by atoms with van der Waals surface area (Å²) in [5.74, 6) is 1.08. The van der Waals surface area contributed by atoms with Crippen LogP contribution in [-0.4, -0.2) is 42.0 Å². The molecule has 8 heteroatoms. The van der Waals surface area contributed by atoms with E-state index >= 15 is 0 Å². The lowest BCUT2D eigenvalue weighted by Crippen LogP contribution is -2.47. The topological polar surface area (TPSA) is 97.0 Å². The number of nitrogens with zero attached hydrogens (tertiary/aromatic N) is 1. The number of nitrogens with one attached hydrogen (secondary N) is 2. The van der Waals surface area contributed by atoms with Gasteiger partial charge in [0.25, 0.3) is 0 Å². The highest BCUT2D eigenvalue weighted by Crippen LogP contribution is 2.32. The van der Waals surface area contributed by atoms with Crippen molar-refractivity contribution in [3.05, 3.63) is 53.6 Å². The summed E-state index contributed by atoms with van der Waals surface area (Å²) in [6, 6.07) is 11.4. The quantitative estimate of drug-likeness (QED) is 0.740. The number of fused-ring (bicyclic) bond motifs is 1. The van der Waals surface area contributed by atoms with Crippen LogP contribution in [0.15, 0.2) is 42.5 Å². The molecule has 30 heavy (non-hydrogen) atoms. The van der Waals surface area contributed by atoms with Gasteiger partial charge in [-0.15, -0.1) is 0 Å². The molecule has 1 fully saturated rings. The summed E-state index contributed by atoms with van der Waals surface area (Å²) in [6.07, 6.45) is 1.36. The second-order valence-electron chi connectivity index (χ2n) is 7.32. The number of amides is 3. The van der Waals surface area contributed by atoms with E-state index in [0.717, 1.165) is 12.0 Å². The van der Waals surface area contributed by atoms with E-state index in [4.69, 9.17) is 9.47 Å². The molecule has 0 saturated carbocycles. The number of rotatable bonds is 5. The third kappa shape index (κ3) is 4.22. The van der Waals surface area contributed by atoms with Gasteiger partial charge in [0.1, 0.15) is 6.04 Å². The van der Waals surface area contributed by atoms with Crippen LogP contribution >= 0.6 is 0 Å². The molecule has 0 spiro atoms. The highest BCUT2D eigenvalue weighted by molar-refractivity contribution is 5.97. The maximum atomic E-state index is 12.7. The van der Waals surface area contributed by atoms with E-state index in [1.54, 1.807) is 24.3 Å². The van der Waals surface area contributed by atoms with Crippen molar-refractivity contribution in [1.29, 1.82) is 0 Å². The van der Waals surface area contributed by atoms with Crippen LogP contribution in [0, 0.1) is 0 Å². The van der Waals surface area contributed by atoms with Crippen molar-refractivity contribution >= 4 is 23.4 Å². The van der Waals surface area contributed by atoms with E-state index < -0.39 is 6.04 Å². The van der Waals surface area contributed by atoms with Crippen LogP contribution in [0.3, 0.4) is 0 Å². The van der Waals surface area contributed by atoms with Gasteiger partial charge >= 0.3 is 6.03 Å². The lowest BCUT2D eigenvalue weighted by Gasteiger charge is -2.24. The molecule has 2 aliphatic heterocycles. The number of urea groups is 1. The number of hydrogen-bond donors (Lipinski definition) is 2. The number of hydrogen-bond acceptors (Lipinski definition) is 5. The first-order chi connectivity index (χ1) is 14.5. The molecular formula is C22H23N3O5. The number of ether oxygens (including phenoxy) is 2. The standard InChI is InChI=1S/C22H23N3O5/c1-14(26)16-4-2-5-17(11-16)24-22(28)25-9-3-6-18(25)21(27)23-12-15-7-8-19-20(10-15)30-13-29-19/h2,4-5,7-8,10-11,18H,3,6,9,12-13H2,1H3,(H,23,27)(H,24,28)/t18-/m0/s1. The van der Waals surface area contributed by atoms with E-state index in [0.29, 0.717) is 42.3 Å². The number of carbonyl (C=O) groups is 3. The normalized spacial score (nSPS) is 17.0. The SMILES string of the molecule is CC(=O)c1cccc(NC(=O)N2CCC[C@H]2C(=O)NCc2ccc3c(c2)OCO3)c1. The van der Waals surface area contributed by atoms with Crippen LogP contribution in [0.25, 0.3) is 0 Å². The fraction of sp³-hybridized carbons (Fsp3) is 0.318. The molecule has 0 bridgehead atoms. The van der Waals surface area contributed by atoms with Gasteiger partial charge in [-0.3, -0.25) is 9.59 Å². The van der Waals surface area contributed by atoms with Gasteiger partial charge in [0, 0.05) is 24.3 Å². The van der Waals surface area contributed by atoms with Crippen LogP contribution in [-0.2, 0) is 11.3 Å². The Kier molecular flexibility index (Phi) is 5.56. The van der Waals surface area contributed by atoms with Crippen LogP contribution in [0.2, 0.25) is 0 Å². The van der Waals surface area contributed by atoms with Gasteiger partial charge in [-0.05, 0) is 49.6 Å². The van der Waals surface area contributed by atoms with Gasteiger partial charge in [0.2, 0.25) is 12.7 Å². The smallest absolute Gasteiger partial charge is 0.322 e. The molecule has 8 nitrogen and oxygen atoms in total. The van der Waals surface area contributed by atoms with Crippen molar-refractivity contribution in [3.63, 3.8) is 0 Å². The molecule has 2 aromatic carbocycles. The molecule has 4 rings (SSSR count). The molecule has 156 valence electrons. The van der Waals surface area contributed by atoms with Crippen molar-refractivity contribution in [2.45, 2.75) is 32.4 Å². The van der Waals surface area contributed by atoms with E-state index in [2.05, 4.69) is 10.6 Å². The van der Waals surface area contributed by atoms with Gasteiger partial charge in [0.05, 0.1) is 0 Å². The fourth-order valence-electron chi connectivity index (χ4n) is 3.65. The molecule has 0 unspecified atom stereocenters. The van der Waals surface area contributed by atoms with Gasteiger partial charge in [-0.1, -0.05) is 18.2 Å². The highest BCUT2D eigenvalue weighted by atomic mass is 16.7. The summed E-state index contributed by atoms with van der Waals surface area (Å²) in [7, 11) is 0. The van der Waals surface area contributed by atoms with Crippen LogP contribution in [0.4, 0.5) is 10.5 Å². The molecule has 2 N–H and O–H groups in total. The summed E-state index contributed by atoms with van der Waals surface area (Å²) in [4.78, 5) is 38.5. The number of likely N-dealkylation sites (tertiary alicyclic amines) is 1. The fourth-order valence-corrected chi connectivity index (χ4v) is 3.65. The molecule has 0 aliphatic carbocycles. The van der Waals surface area contributed by atoms with Crippen molar-refractivity contribution in [2.24, 2.45) is 0 Å². The van der Waals surface area contributed by atoms with Gasteiger partial charge < -0.3 is 25.0 Å². The van der Waals surface area contributed by atoms with Crippen molar-refractivity contribution < 1.29 is 23.9 Å². The van der Waals surface area contributed by atoms with Crippen molar-refractivity contribution in [3.8, 4) is 11.5 Å². The zero-order chi connectivity index (χ0) is 21.1. The largest absolute Gasteiger partial charge is 0.454 e. The first-order valence-electron chi connectivity index (χ1n) is 9.86. The maximum Gasteiger partial charge on any atom is 0.322 e. The molecule has 1 saturated heterocycles. The summed E-state index contributed by atoms with van der Waals surface area (Å²) in [6.45, 7) is 2.51. The van der Waals surface area contributed by atoms with Gasteiger partial charge in [-0.2, -0.15) is 0 Å². The Morgan fingerprint density at radius 3 is 2.77 bits per heavy atom. The molecule has 2 heterocycles. The zero-order valence-electron chi connectivity index (χ0n) is 16.6. The molecule has 0 radical (unpaired) electrons. The number of anilines is 1. The number of ketones is 1. The maximum absolute atomic E-state index is 12.7. The average Bonchev–Trinajstić information content (AvgIpc) is 3.41. The first kappa shape index (κ1) is 19.8. The number of carbonyl (C=O) groups excluding carboxylic acids is 3. The van der Waals surface area contributed by atoms with E-state index in [-0.39, 0.29) is 24.5 Å². The van der Waals surface area contributed by atoms with Crippen molar-refractivity contribution in [2.75, 3.05) is 18.7 Å². The predicted molar refractivity (Wildman–Crippen MR) is 110 cm³/mol. The Hall–Kier alpha value is -3.55. The predicted octanol–water partition coefficient (Wildman–Crippen LogP) is 2.93. The minimum Gasteiger partial charge on any atom is -0.454 e. The lowest BCUT2D eigenvalue weighted by molar-refractivity contribution is -0.124. The second-order valence-corrected chi connectivity index (χ2v) is 7.32. The summed E-state index contributed by atoms with van der Waals surface area (Å²) >= 11 is 0. The molecule has 2 aliphatic rings. The highest BCUT2D eigenvalue weighted by Gasteiger charge is 2.34. The molecule has 1 atom stereocenters. The van der Waals surface area contributed by atoms with Crippen molar-refractivity contribution in [1.82, 2.24) is 10.2 Å². The van der Waals surface area contributed by atoms with Gasteiger partial charge in [0.15, 0.2) is 17.3 Å². The molecule has 0 aromatic heterocycles. The molecule has 2 aromatic rings. The van der Waals surface area contributed by atoms with Gasteiger partial charge in [-0.25, -0.2) is 4.79 Å². The van der Waals surface area contributed by atoms with Crippen LogP contribution in [0.5, 0.6) is 11.5 Å². The Morgan fingerprint density at radius 1 is 1.10 bits per heavy atom. The Bertz CT molecular complexity index is 990. The zero-order valence-corrected chi connectivity index (χ0v) is 16.6. The average molecular weight is 409 g/mol. The Morgan fingerprint density at radius 2 is 1.93 bits per heavy atom. The third-order valence-corrected chi connectivity index (χ3v) is 5.24. The second kappa shape index (κ2) is 8.44. The minimum atomic E-state index is -0.532. The number of Topliss-reactive ketones (excluding diaryl/α,β-unsaturated/α-hetero) is 1. The lowest BCUT2D eigenvalue weighted by atomic mass is 10.1. The number of benzene rings is 2. The van der Waals surface area contributed by atoms with E-state index in [1.165, 1.54) is 11.8 Å². The first-order valence-corrected chi connectivity index (χ1v) is 9.86. The van der Waals surface area contributed by atoms with Crippen LogP contribution < -0.4 is 20.1 Å². The Labute approximate surface area is 174 Å². The summed E-state index contributed by atoms with van der Waals surface area (Å²) in [5, 5.41) is 5.69.